The molecule has 0 bridgehead atoms. The van der Waals surface area contributed by atoms with Crippen LogP contribution < -0.4 is 4.74 Å². The summed E-state index contributed by atoms with van der Waals surface area (Å²) in [4.78, 5) is 0. The second kappa shape index (κ2) is 11.8. The van der Waals surface area contributed by atoms with E-state index in [1.165, 1.54) is 38.5 Å². The highest BCUT2D eigenvalue weighted by Gasteiger charge is 2.14. The average molecular weight is 375 g/mol. The Labute approximate surface area is 169 Å². The van der Waals surface area contributed by atoms with Crippen molar-refractivity contribution in [3.63, 3.8) is 0 Å². The van der Waals surface area contributed by atoms with Crippen molar-refractivity contribution in [3.05, 3.63) is 53.1 Å². The molecule has 0 unspecified atom stereocenters. The van der Waals surface area contributed by atoms with E-state index in [0.29, 0.717) is 17.7 Å². The summed E-state index contributed by atoms with van der Waals surface area (Å²) in [6.45, 7) is 4.80. The quantitative estimate of drug-likeness (QED) is 0.407. The second-order valence-corrected chi connectivity index (χ2v) is 7.07. The lowest BCUT2D eigenvalue weighted by molar-refractivity contribution is 0.340. The Bertz CT molecular complexity index is 825. The van der Waals surface area contributed by atoms with Crippen LogP contribution in [0.5, 0.6) is 5.75 Å². The van der Waals surface area contributed by atoms with Crippen LogP contribution >= 0.6 is 0 Å². The number of hydrogen-bond acceptors (Lipinski definition) is 3. The van der Waals surface area contributed by atoms with Crippen molar-refractivity contribution in [2.45, 2.75) is 65.2 Å². The van der Waals surface area contributed by atoms with Gasteiger partial charge in [-0.3, -0.25) is 0 Å². The fraction of sp³-hybridized carbons (Fsp3) is 0.440. The van der Waals surface area contributed by atoms with Gasteiger partial charge in [0.05, 0.1) is 17.7 Å². The number of nitrogens with zero attached hydrogens (tertiary/aromatic N) is 2. The van der Waals surface area contributed by atoms with Crippen molar-refractivity contribution < 1.29 is 4.74 Å². The zero-order valence-electron chi connectivity index (χ0n) is 17.1. The molecule has 0 saturated heterocycles. The fourth-order valence-corrected chi connectivity index (χ4v) is 3.51. The van der Waals surface area contributed by atoms with Gasteiger partial charge in [0.1, 0.15) is 17.9 Å². The summed E-state index contributed by atoms with van der Waals surface area (Å²) in [5, 5.41) is 19.4. The molecule has 0 aliphatic carbocycles. The molecule has 146 valence electrons. The van der Waals surface area contributed by atoms with Crippen LogP contribution in [0, 0.1) is 22.7 Å². The van der Waals surface area contributed by atoms with Gasteiger partial charge in [0.2, 0.25) is 0 Å². The summed E-state index contributed by atoms with van der Waals surface area (Å²) in [5.74, 6) is 0.806. The predicted octanol–water partition coefficient (Wildman–Crippen LogP) is 6.79. The molecule has 28 heavy (non-hydrogen) atoms. The van der Waals surface area contributed by atoms with E-state index in [9.17, 15) is 10.5 Å². The summed E-state index contributed by atoms with van der Waals surface area (Å²) in [6, 6.07) is 16.2. The van der Waals surface area contributed by atoms with Crippen LogP contribution in [-0.4, -0.2) is 6.61 Å². The van der Waals surface area contributed by atoms with Crippen LogP contribution in [0.1, 0.15) is 75.5 Å². The highest BCUT2D eigenvalue weighted by molar-refractivity contribution is 5.75. The van der Waals surface area contributed by atoms with Gasteiger partial charge in [-0.1, -0.05) is 69.7 Å². The van der Waals surface area contributed by atoms with Gasteiger partial charge in [-0.25, -0.2) is 0 Å². The summed E-state index contributed by atoms with van der Waals surface area (Å²) in [5.41, 5.74) is 3.73. The minimum absolute atomic E-state index is 0.479. The van der Waals surface area contributed by atoms with Gasteiger partial charge in [0.15, 0.2) is 0 Å². The Kier molecular flexibility index (Phi) is 9.09. The molecule has 0 atom stereocenters. The molecule has 3 nitrogen and oxygen atoms in total. The van der Waals surface area contributed by atoms with Crippen molar-refractivity contribution in [1.29, 1.82) is 10.5 Å². The van der Waals surface area contributed by atoms with Crippen LogP contribution in [0.3, 0.4) is 0 Å². The Balaban J connectivity index is 2.11. The monoisotopic (exact) mass is 374 g/mol. The van der Waals surface area contributed by atoms with Crippen molar-refractivity contribution in [1.82, 2.24) is 0 Å². The van der Waals surface area contributed by atoms with Gasteiger partial charge in [-0.2, -0.15) is 10.5 Å². The Hall–Kier alpha value is -2.78. The molecule has 0 N–H and O–H groups in total. The standard InChI is InChI=1S/C25H30N2O/c1-3-5-6-7-8-9-10-11-20-14-17-23(25(19-27)24(20)18-26)21-12-15-22(16-13-21)28-4-2/h12-17H,3-11H2,1-2H3. The number of hydrogen-bond donors (Lipinski definition) is 0. The van der Waals surface area contributed by atoms with E-state index >= 15 is 0 Å². The lowest BCUT2D eigenvalue weighted by Crippen LogP contribution is -1.98. The van der Waals surface area contributed by atoms with Gasteiger partial charge in [0, 0.05) is 5.56 Å². The molecular weight excluding hydrogens is 344 g/mol. The fourth-order valence-electron chi connectivity index (χ4n) is 3.51. The SMILES string of the molecule is CCCCCCCCCc1ccc(-c2ccc(OCC)cc2)c(C#N)c1C#N. The minimum Gasteiger partial charge on any atom is -0.494 e. The Morgan fingerprint density at radius 1 is 0.750 bits per heavy atom. The maximum atomic E-state index is 9.72. The van der Waals surface area contributed by atoms with E-state index < -0.39 is 0 Å². The Morgan fingerprint density at radius 3 is 2.00 bits per heavy atom. The van der Waals surface area contributed by atoms with Gasteiger partial charge in [-0.05, 0) is 43.0 Å². The van der Waals surface area contributed by atoms with Gasteiger partial charge >= 0.3 is 0 Å². The lowest BCUT2D eigenvalue weighted by Gasteiger charge is -2.11. The normalized spacial score (nSPS) is 10.3. The molecule has 3 heteroatoms. The van der Waals surface area contributed by atoms with E-state index in [1.54, 1.807) is 0 Å². The van der Waals surface area contributed by atoms with Crippen LogP contribution in [-0.2, 0) is 6.42 Å². The molecule has 2 aromatic carbocycles. The van der Waals surface area contributed by atoms with E-state index in [-0.39, 0.29) is 0 Å². The number of unbranched alkanes of at least 4 members (excludes halogenated alkanes) is 6. The highest BCUT2D eigenvalue weighted by Crippen LogP contribution is 2.30. The third-order valence-corrected chi connectivity index (χ3v) is 5.04. The number of aryl methyl sites for hydroxylation is 1. The lowest BCUT2D eigenvalue weighted by atomic mass is 9.91. The molecule has 0 saturated carbocycles. The number of ether oxygens (including phenoxy) is 1. The third kappa shape index (κ3) is 5.86. The van der Waals surface area contributed by atoms with Crippen molar-refractivity contribution in [2.75, 3.05) is 6.61 Å². The van der Waals surface area contributed by atoms with E-state index in [4.69, 9.17) is 4.74 Å². The molecule has 0 fully saturated rings. The summed E-state index contributed by atoms with van der Waals surface area (Å²) >= 11 is 0. The predicted molar refractivity (Wildman–Crippen MR) is 114 cm³/mol. The first-order valence-corrected chi connectivity index (χ1v) is 10.4. The summed E-state index contributed by atoms with van der Waals surface area (Å²) in [6.07, 6.45) is 9.53. The molecule has 0 radical (unpaired) electrons. The molecule has 0 aliphatic heterocycles. The van der Waals surface area contributed by atoms with Gasteiger partial charge in [-0.15, -0.1) is 0 Å². The average Bonchev–Trinajstić information content (AvgIpc) is 2.73. The van der Waals surface area contributed by atoms with Crippen molar-refractivity contribution >= 4 is 0 Å². The summed E-state index contributed by atoms with van der Waals surface area (Å²) in [7, 11) is 0. The molecule has 0 heterocycles. The first-order chi connectivity index (χ1) is 13.7. The molecule has 0 aliphatic rings. The molecule has 0 spiro atoms. The molecule has 0 aromatic heterocycles. The van der Waals surface area contributed by atoms with Crippen molar-refractivity contribution in [3.8, 4) is 29.0 Å². The number of benzene rings is 2. The maximum Gasteiger partial charge on any atom is 0.119 e. The van der Waals surface area contributed by atoms with Crippen LogP contribution in [0.15, 0.2) is 36.4 Å². The van der Waals surface area contributed by atoms with Crippen LogP contribution in [0.4, 0.5) is 0 Å². The smallest absolute Gasteiger partial charge is 0.119 e. The van der Waals surface area contributed by atoms with Crippen LogP contribution in [0.25, 0.3) is 11.1 Å². The van der Waals surface area contributed by atoms with Gasteiger partial charge in [0.25, 0.3) is 0 Å². The first kappa shape index (κ1) is 21.5. The topological polar surface area (TPSA) is 56.8 Å². The maximum absolute atomic E-state index is 9.72. The van der Waals surface area contributed by atoms with E-state index in [0.717, 1.165) is 35.3 Å². The third-order valence-electron chi connectivity index (χ3n) is 5.04. The van der Waals surface area contributed by atoms with Crippen LogP contribution in [0.2, 0.25) is 0 Å². The molecule has 2 rings (SSSR count). The Morgan fingerprint density at radius 2 is 1.39 bits per heavy atom. The molecule has 2 aromatic rings. The first-order valence-electron chi connectivity index (χ1n) is 10.4. The second-order valence-electron chi connectivity index (χ2n) is 7.07. The summed E-state index contributed by atoms with van der Waals surface area (Å²) < 4.78 is 5.49. The van der Waals surface area contributed by atoms with E-state index in [1.807, 2.05) is 43.3 Å². The van der Waals surface area contributed by atoms with Gasteiger partial charge < -0.3 is 4.74 Å². The van der Waals surface area contributed by atoms with E-state index in [2.05, 4.69) is 19.1 Å². The molecular formula is C25H30N2O. The highest BCUT2D eigenvalue weighted by atomic mass is 16.5. The largest absolute Gasteiger partial charge is 0.494 e. The molecule has 0 amide bonds. The zero-order valence-corrected chi connectivity index (χ0v) is 17.1. The zero-order chi connectivity index (χ0) is 20.2. The minimum atomic E-state index is 0.479. The number of nitriles is 2. The van der Waals surface area contributed by atoms with Crippen molar-refractivity contribution in [2.24, 2.45) is 0 Å². The number of rotatable bonds is 11.